The maximum atomic E-state index is 5.83. The molecule has 0 aromatic heterocycles. The van der Waals surface area contributed by atoms with Crippen molar-refractivity contribution < 1.29 is 9.47 Å². The average molecular weight is 235 g/mol. The minimum Gasteiger partial charge on any atom is -0.491 e. The molecule has 17 heavy (non-hydrogen) atoms. The molecule has 0 spiro atoms. The summed E-state index contributed by atoms with van der Waals surface area (Å²) in [5, 5.41) is 3.39. The van der Waals surface area contributed by atoms with Crippen molar-refractivity contribution in [1.82, 2.24) is 5.32 Å². The molecule has 94 valence electrons. The predicted octanol–water partition coefficient (Wildman–Crippen LogP) is 2.06. The molecule has 1 aliphatic rings. The topological polar surface area (TPSA) is 30.5 Å². The minimum absolute atomic E-state index is 0.158. The molecule has 3 nitrogen and oxygen atoms in total. The van der Waals surface area contributed by atoms with Crippen molar-refractivity contribution in [2.24, 2.45) is 0 Å². The molecule has 0 amide bonds. The first-order chi connectivity index (χ1) is 8.16. The molecular weight excluding hydrogens is 214 g/mol. The van der Waals surface area contributed by atoms with Crippen LogP contribution in [0.2, 0.25) is 0 Å². The van der Waals surface area contributed by atoms with E-state index in [0.29, 0.717) is 12.6 Å². The van der Waals surface area contributed by atoms with Crippen LogP contribution in [0.25, 0.3) is 0 Å². The summed E-state index contributed by atoms with van der Waals surface area (Å²) in [4.78, 5) is 0. The van der Waals surface area contributed by atoms with Gasteiger partial charge < -0.3 is 14.8 Å². The lowest BCUT2D eigenvalue weighted by Crippen LogP contribution is -2.46. The fourth-order valence-corrected chi connectivity index (χ4v) is 1.90. The summed E-state index contributed by atoms with van der Waals surface area (Å²) in [5.74, 6) is 0.965. The third-order valence-electron chi connectivity index (χ3n) is 3.26. The van der Waals surface area contributed by atoms with Crippen molar-refractivity contribution >= 4 is 0 Å². The van der Waals surface area contributed by atoms with Gasteiger partial charge in [-0.2, -0.15) is 0 Å². The van der Waals surface area contributed by atoms with Gasteiger partial charge in [-0.25, -0.2) is 0 Å². The fraction of sp³-hybridized carbons (Fsp3) is 0.571. The van der Waals surface area contributed by atoms with Gasteiger partial charge >= 0.3 is 0 Å². The van der Waals surface area contributed by atoms with Crippen LogP contribution in [0.3, 0.4) is 0 Å². The van der Waals surface area contributed by atoms with Gasteiger partial charge in [0.15, 0.2) is 0 Å². The minimum atomic E-state index is 0.158. The second-order valence-corrected chi connectivity index (χ2v) is 4.77. The van der Waals surface area contributed by atoms with E-state index in [1.165, 1.54) is 11.1 Å². The Bertz CT molecular complexity index is 370. The quantitative estimate of drug-likeness (QED) is 0.870. The molecule has 0 aliphatic carbocycles. The zero-order chi connectivity index (χ0) is 12.3. The fourth-order valence-electron chi connectivity index (χ4n) is 1.90. The summed E-state index contributed by atoms with van der Waals surface area (Å²) in [6, 6.07) is 6.59. The highest BCUT2D eigenvalue weighted by molar-refractivity contribution is 5.38. The lowest BCUT2D eigenvalue weighted by molar-refractivity contribution is -0.0166. The number of hydrogen-bond donors (Lipinski definition) is 1. The van der Waals surface area contributed by atoms with Crippen LogP contribution in [0, 0.1) is 13.8 Å². The maximum Gasteiger partial charge on any atom is 0.122 e. The SMILES string of the molecule is Cc1cccc(OCC2CNC(C)CO2)c1C. The highest BCUT2D eigenvalue weighted by Gasteiger charge is 2.18. The van der Waals surface area contributed by atoms with E-state index in [0.717, 1.165) is 18.9 Å². The van der Waals surface area contributed by atoms with E-state index in [1.54, 1.807) is 0 Å². The molecule has 1 aliphatic heterocycles. The van der Waals surface area contributed by atoms with E-state index >= 15 is 0 Å². The molecule has 1 saturated heterocycles. The first kappa shape index (κ1) is 12.4. The largest absolute Gasteiger partial charge is 0.491 e. The van der Waals surface area contributed by atoms with Gasteiger partial charge in [-0.1, -0.05) is 12.1 Å². The zero-order valence-corrected chi connectivity index (χ0v) is 10.8. The van der Waals surface area contributed by atoms with E-state index in [4.69, 9.17) is 9.47 Å². The van der Waals surface area contributed by atoms with Crippen molar-refractivity contribution in [3.8, 4) is 5.75 Å². The average Bonchev–Trinajstić information content (AvgIpc) is 2.33. The van der Waals surface area contributed by atoms with Crippen molar-refractivity contribution in [2.75, 3.05) is 19.8 Å². The summed E-state index contributed by atoms with van der Waals surface area (Å²) >= 11 is 0. The Kier molecular flexibility index (Phi) is 4.02. The highest BCUT2D eigenvalue weighted by atomic mass is 16.5. The number of rotatable bonds is 3. The Morgan fingerprint density at radius 1 is 1.41 bits per heavy atom. The van der Waals surface area contributed by atoms with Gasteiger partial charge in [0.2, 0.25) is 0 Å². The maximum absolute atomic E-state index is 5.83. The van der Waals surface area contributed by atoms with Crippen LogP contribution in [0.4, 0.5) is 0 Å². The van der Waals surface area contributed by atoms with Crippen molar-refractivity contribution in [1.29, 1.82) is 0 Å². The van der Waals surface area contributed by atoms with Crippen LogP contribution < -0.4 is 10.1 Å². The molecule has 1 N–H and O–H groups in total. The van der Waals surface area contributed by atoms with Crippen LogP contribution in [-0.4, -0.2) is 31.9 Å². The van der Waals surface area contributed by atoms with Gasteiger partial charge in [0.05, 0.1) is 6.61 Å². The number of benzene rings is 1. The van der Waals surface area contributed by atoms with E-state index in [9.17, 15) is 0 Å². The first-order valence-electron chi connectivity index (χ1n) is 6.21. The summed E-state index contributed by atoms with van der Waals surface area (Å²) in [7, 11) is 0. The standard InChI is InChI=1S/C14H21NO2/c1-10-5-4-6-14(12(10)3)17-9-13-7-15-11(2)8-16-13/h4-6,11,13,15H,7-9H2,1-3H3. The molecule has 2 rings (SSSR count). The smallest absolute Gasteiger partial charge is 0.122 e. The van der Waals surface area contributed by atoms with E-state index < -0.39 is 0 Å². The molecule has 1 heterocycles. The van der Waals surface area contributed by atoms with Crippen LogP contribution in [0.1, 0.15) is 18.1 Å². The number of morpholine rings is 1. The first-order valence-corrected chi connectivity index (χ1v) is 6.21. The normalized spacial score (nSPS) is 24.6. The van der Waals surface area contributed by atoms with Crippen molar-refractivity contribution in [3.63, 3.8) is 0 Å². The Labute approximate surface area is 103 Å². The second kappa shape index (κ2) is 5.52. The van der Waals surface area contributed by atoms with E-state index in [2.05, 4.69) is 32.2 Å². The third-order valence-corrected chi connectivity index (χ3v) is 3.26. The summed E-state index contributed by atoms with van der Waals surface area (Å²) in [5.41, 5.74) is 2.48. The van der Waals surface area contributed by atoms with Gasteiger partial charge in [-0.05, 0) is 38.0 Å². The Hall–Kier alpha value is -1.06. The van der Waals surface area contributed by atoms with Gasteiger partial charge in [0.1, 0.15) is 18.5 Å². The van der Waals surface area contributed by atoms with Crippen LogP contribution in [-0.2, 0) is 4.74 Å². The summed E-state index contributed by atoms with van der Waals surface area (Å²) in [6.45, 7) is 8.56. The van der Waals surface area contributed by atoms with Gasteiger partial charge in [0, 0.05) is 12.6 Å². The number of aryl methyl sites for hydroxylation is 1. The van der Waals surface area contributed by atoms with Crippen LogP contribution >= 0.6 is 0 Å². The van der Waals surface area contributed by atoms with Crippen molar-refractivity contribution in [3.05, 3.63) is 29.3 Å². The highest BCUT2D eigenvalue weighted by Crippen LogP contribution is 2.20. The number of nitrogens with one attached hydrogen (secondary N) is 1. The summed E-state index contributed by atoms with van der Waals surface area (Å²) < 4.78 is 11.5. The van der Waals surface area contributed by atoms with Gasteiger partial charge in [-0.3, -0.25) is 0 Å². The third kappa shape index (κ3) is 3.20. The zero-order valence-electron chi connectivity index (χ0n) is 10.8. The monoisotopic (exact) mass is 235 g/mol. The van der Waals surface area contributed by atoms with E-state index in [-0.39, 0.29) is 6.10 Å². The van der Waals surface area contributed by atoms with Crippen molar-refractivity contribution in [2.45, 2.75) is 32.9 Å². The molecule has 2 atom stereocenters. The Morgan fingerprint density at radius 3 is 2.94 bits per heavy atom. The molecule has 3 heteroatoms. The van der Waals surface area contributed by atoms with Gasteiger partial charge in [0.25, 0.3) is 0 Å². The van der Waals surface area contributed by atoms with E-state index in [1.807, 2.05) is 12.1 Å². The Morgan fingerprint density at radius 2 is 2.24 bits per heavy atom. The Balaban J connectivity index is 1.87. The molecule has 0 saturated carbocycles. The molecular formula is C14H21NO2. The second-order valence-electron chi connectivity index (χ2n) is 4.77. The molecule has 0 bridgehead atoms. The van der Waals surface area contributed by atoms with Crippen LogP contribution in [0.15, 0.2) is 18.2 Å². The number of hydrogen-bond acceptors (Lipinski definition) is 3. The lowest BCUT2D eigenvalue weighted by Gasteiger charge is -2.28. The lowest BCUT2D eigenvalue weighted by atomic mass is 10.1. The molecule has 1 aromatic carbocycles. The molecule has 2 unspecified atom stereocenters. The molecule has 0 radical (unpaired) electrons. The van der Waals surface area contributed by atoms with Crippen LogP contribution in [0.5, 0.6) is 5.75 Å². The molecule has 1 aromatic rings. The number of ether oxygens (including phenoxy) is 2. The summed E-state index contributed by atoms with van der Waals surface area (Å²) in [6.07, 6.45) is 0.158. The predicted molar refractivity (Wildman–Crippen MR) is 68.6 cm³/mol. The van der Waals surface area contributed by atoms with Gasteiger partial charge in [-0.15, -0.1) is 0 Å². The molecule has 1 fully saturated rings.